The molecule has 3 rings (SSSR count). The highest BCUT2D eigenvalue weighted by molar-refractivity contribution is 7.89. The van der Waals surface area contributed by atoms with Gasteiger partial charge in [-0.05, 0) is 46.8 Å². The van der Waals surface area contributed by atoms with Crippen molar-refractivity contribution in [2.24, 2.45) is 0 Å². The third-order valence-electron chi connectivity index (χ3n) is 5.46. The van der Waals surface area contributed by atoms with E-state index in [1.807, 2.05) is 0 Å². The van der Waals surface area contributed by atoms with Crippen molar-refractivity contribution >= 4 is 27.6 Å². The number of benzene rings is 1. The number of rotatable bonds is 6. The van der Waals surface area contributed by atoms with E-state index in [9.17, 15) is 28.1 Å². The molecule has 35 heavy (non-hydrogen) atoms. The summed E-state index contributed by atoms with van der Waals surface area (Å²) in [5, 5.41) is 10.9. The van der Waals surface area contributed by atoms with Gasteiger partial charge in [0.15, 0.2) is 0 Å². The van der Waals surface area contributed by atoms with Crippen LogP contribution in [0.25, 0.3) is 0 Å². The second-order valence-electron chi connectivity index (χ2n) is 8.50. The first-order chi connectivity index (χ1) is 16.3. The van der Waals surface area contributed by atoms with Crippen LogP contribution in [0, 0.1) is 24.0 Å². The maximum absolute atomic E-state index is 13.4. The van der Waals surface area contributed by atoms with Crippen LogP contribution in [0.1, 0.15) is 53.1 Å². The van der Waals surface area contributed by atoms with E-state index in [-0.39, 0.29) is 41.5 Å². The molecule has 12 nitrogen and oxygen atoms in total. The molecule has 1 aliphatic heterocycles. The number of piperazine rings is 1. The van der Waals surface area contributed by atoms with Gasteiger partial charge in [-0.15, -0.1) is 0 Å². The number of esters is 1. The molecule has 1 amide bonds. The van der Waals surface area contributed by atoms with Crippen LogP contribution in [0.5, 0.6) is 0 Å². The molecule has 13 heteroatoms. The van der Waals surface area contributed by atoms with Crippen molar-refractivity contribution in [2.75, 3.05) is 19.6 Å². The molecule has 0 bridgehead atoms. The van der Waals surface area contributed by atoms with Gasteiger partial charge in [-0.25, -0.2) is 23.2 Å². The molecule has 2 aromatic rings. The molecular weight excluding hydrogens is 478 g/mol. The predicted molar refractivity (Wildman–Crippen MR) is 124 cm³/mol. The summed E-state index contributed by atoms with van der Waals surface area (Å²) in [6.07, 6.45) is -0.403. The average Bonchev–Trinajstić information content (AvgIpc) is 2.77. The van der Waals surface area contributed by atoms with E-state index in [4.69, 9.17) is 4.74 Å². The Hall–Kier alpha value is -3.45. The van der Waals surface area contributed by atoms with Gasteiger partial charge in [-0.3, -0.25) is 14.9 Å². The zero-order chi connectivity index (χ0) is 26.1. The van der Waals surface area contributed by atoms with Crippen molar-refractivity contribution in [2.45, 2.75) is 51.7 Å². The summed E-state index contributed by atoms with van der Waals surface area (Å²) < 4.78 is 32.8. The fraction of sp³-hybridized carbons (Fsp3) is 0.455. The van der Waals surface area contributed by atoms with Crippen molar-refractivity contribution in [3.8, 4) is 0 Å². The van der Waals surface area contributed by atoms with E-state index in [0.717, 1.165) is 12.1 Å². The number of aromatic nitrogens is 2. The Morgan fingerprint density at radius 3 is 2.31 bits per heavy atom. The number of non-ortho nitro benzene ring substituents is 1. The molecule has 1 fully saturated rings. The van der Waals surface area contributed by atoms with Crippen molar-refractivity contribution in [1.82, 2.24) is 19.2 Å². The standard InChI is InChI=1S/C22H27N5O7S/c1-13(2)34-22(29)19-15(4)23-16(5)24-20(19)21(28)25-10-11-26(14(3)12-25)35(32,33)18-8-6-17(7-9-18)27(30)31/h6-9,13-14H,10-12H2,1-5H3. The molecule has 0 saturated carbocycles. The maximum Gasteiger partial charge on any atom is 0.342 e. The summed E-state index contributed by atoms with van der Waals surface area (Å²) in [7, 11) is -3.94. The van der Waals surface area contributed by atoms with Gasteiger partial charge in [0.2, 0.25) is 10.0 Å². The van der Waals surface area contributed by atoms with Gasteiger partial charge in [0, 0.05) is 37.8 Å². The Kier molecular flexibility index (Phi) is 7.50. The summed E-state index contributed by atoms with van der Waals surface area (Å²) in [6.45, 7) is 8.38. The molecular formula is C22H27N5O7S. The number of nitrogens with zero attached hydrogens (tertiary/aromatic N) is 5. The number of nitro groups is 1. The molecule has 0 N–H and O–H groups in total. The fourth-order valence-corrected chi connectivity index (χ4v) is 5.51. The van der Waals surface area contributed by atoms with E-state index in [0.29, 0.717) is 11.5 Å². The lowest BCUT2D eigenvalue weighted by Gasteiger charge is -2.38. The van der Waals surface area contributed by atoms with Gasteiger partial charge in [0.25, 0.3) is 11.6 Å². The van der Waals surface area contributed by atoms with E-state index in [1.54, 1.807) is 34.6 Å². The number of aryl methyl sites for hydroxylation is 2. The summed E-state index contributed by atoms with van der Waals surface area (Å²) >= 11 is 0. The SMILES string of the molecule is Cc1nc(C)c(C(=O)OC(C)C)c(C(=O)N2CCN(S(=O)(=O)c3ccc([N+](=O)[O-])cc3)C(C)C2)n1. The van der Waals surface area contributed by atoms with Gasteiger partial charge in [0.05, 0.1) is 21.6 Å². The number of hydrogen-bond acceptors (Lipinski definition) is 9. The summed E-state index contributed by atoms with van der Waals surface area (Å²) in [6, 6.07) is 4.06. The third kappa shape index (κ3) is 5.46. The largest absolute Gasteiger partial charge is 0.459 e. The minimum Gasteiger partial charge on any atom is -0.459 e. The average molecular weight is 506 g/mol. The quantitative estimate of drug-likeness (QED) is 0.326. The first-order valence-corrected chi connectivity index (χ1v) is 12.4. The third-order valence-corrected chi connectivity index (χ3v) is 7.49. The number of sulfonamides is 1. The predicted octanol–water partition coefficient (Wildman–Crippen LogP) is 2.10. The Morgan fingerprint density at radius 2 is 1.77 bits per heavy atom. The first kappa shape index (κ1) is 26.2. The van der Waals surface area contributed by atoms with E-state index in [1.165, 1.54) is 21.3 Å². The van der Waals surface area contributed by atoms with Gasteiger partial charge in [-0.2, -0.15) is 4.31 Å². The van der Waals surface area contributed by atoms with Crippen LogP contribution in [0.4, 0.5) is 5.69 Å². The number of ether oxygens (including phenoxy) is 1. The zero-order valence-electron chi connectivity index (χ0n) is 20.1. The second kappa shape index (κ2) is 10.0. The van der Waals surface area contributed by atoms with Crippen LogP contribution in [0.2, 0.25) is 0 Å². The maximum atomic E-state index is 13.4. The number of amides is 1. The van der Waals surface area contributed by atoms with Gasteiger partial charge < -0.3 is 9.64 Å². The highest BCUT2D eigenvalue weighted by atomic mass is 32.2. The lowest BCUT2D eigenvalue weighted by atomic mass is 10.1. The number of carbonyl (C=O) groups is 2. The Morgan fingerprint density at radius 1 is 1.14 bits per heavy atom. The van der Waals surface area contributed by atoms with E-state index >= 15 is 0 Å². The normalized spacial score (nSPS) is 16.9. The monoisotopic (exact) mass is 505 g/mol. The molecule has 1 aliphatic rings. The smallest absolute Gasteiger partial charge is 0.342 e. The van der Waals surface area contributed by atoms with Crippen LogP contribution in [-0.4, -0.2) is 76.2 Å². The molecule has 1 aromatic carbocycles. The lowest BCUT2D eigenvalue weighted by Crippen LogP contribution is -2.55. The Balaban J connectivity index is 1.84. The zero-order valence-corrected chi connectivity index (χ0v) is 20.9. The molecule has 0 aliphatic carbocycles. The van der Waals surface area contributed by atoms with E-state index in [2.05, 4.69) is 9.97 Å². The molecule has 1 aromatic heterocycles. The molecule has 0 radical (unpaired) electrons. The Bertz CT molecular complexity index is 1260. The number of carbonyl (C=O) groups excluding carboxylic acids is 2. The topological polar surface area (TPSA) is 153 Å². The molecule has 1 saturated heterocycles. The summed E-state index contributed by atoms with van der Waals surface area (Å²) in [5.41, 5.74) is 0.0102. The second-order valence-corrected chi connectivity index (χ2v) is 10.4. The number of nitro benzene ring substituents is 1. The summed E-state index contributed by atoms with van der Waals surface area (Å²) in [5.74, 6) is -0.902. The van der Waals surface area contributed by atoms with Crippen molar-refractivity contribution in [3.05, 3.63) is 57.2 Å². The van der Waals surface area contributed by atoms with Crippen molar-refractivity contribution < 1.29 is 27.7 Å². The fourth-order valence-electron chi connectivity index (χ4n) is 3.89. The minimum absolute atomic E-state index is 0.00104. The molecule has 188 valence electrons. The molecule has 1 atom stereocenters. The highest BCUT2D eigenvalue weighted by Crippen LogP contribution is 2.25. The van der Waals surface area contributed by atoms with Gasteiger partial charge in [0.1, 0.15) is 17.1 Å². The van der Waals surface area contributed by atoms with Gasteiger partial charge >= 0.3 is 5.97 Å². The first-order valence-electron chi connectivity index (χ1n) is 10.9. The van der Waals surface area contributed by atoms with Crippen LogP contribution < -0.4 is 0 Å². The molecule has 1 unspecified atom stereocenters. The van der Waals surface area contributed by atoms with Gasteiger partial charge in [-0.1, -0.05) is 0 Å². The minimum atomic E-state index is -3.94. The van der Waals surface area contributed by atoms with E-state index < -0.39 is 39.0 Å². The van der Waals surface area contributed by atoms with Crippen LogP contribution in [0.3, 0.4) is 0 Å². The van der Waals surface area contributed by atoms with Crippen LogP contribution in [0.15, 0.2) is 29.2 Å². The number of hydrogen-bond donors (Lipinski definition) is 0. The van der Waals surface area contributed by atoms with Crippen LogP contribution in [-0.2, 0) is 14.8 Å². The summed E-state index contributed by atoms with van der Waals surface area (Å²) in [4.78, 5) is 46.1. The van der Waals surface area contributed by atoms with Crippen molar-refractivity contribution in [1.29, 1.82) is 0 Å². The molecule has 2 heterocycles. The molecule has 0 spiro atoms. The van der Waals surface area contributed by atoms with Crippen LogP contribution >= 0.6 is 0 Å². The van der Waals surface area contributed by atoms with Crippen molar-refractivity contribution in [3.63, 3.8) is 0 Å². The lowest BCUT2D eigenvalue weighted by molar-refractivity contribution is -0.384. The highest BCUT2D eigenvalue weighted by Gasteiger charge is 2.37. The Labute approximate surface area is 203 Å².